The average molecular weight is 306 g/mol. The van der Waals surface area contributed by atoms with E-state index in [1.807, 2.05) is 0 Å². The fraction of sp³-hybridized carbons (Fsp3) is 0.750. The number of carbonyl (C=O) groups excluding carboxylic acids is 1. The molecule has 0 saturated heterocycles. The Labute approximate surface area is 137 Å². The Morgan fingerprint density at radius 3 is 2.64 bits per heavy atom. The molecule has 1 amide bonds. The van der Waals surface area contributed by atoms with Crippen molar-refractivity contribution in [3.05, 3.63) is 24.8 Å². The SMILES string of the molecule is C=CC(=O)N[C@@](C)(/C=C/[C@@H]1C[C@H](C)CC[C@H]1C(C)C)CCC. The highest BCUT2D eigenvalue weighted by molar-refractivity contribution is 5.87. The molecule has 4 atom stereocenters. The Hall–Kier alpha value is -1.05. The third-order valence-electron chi connectivity index (χ3n) is 5.15. The molecule has 1 aliphatic rings. The summed E-state index contributed by atoms with van der Waals surface area (Å²) >= 11 is 0. The second-order valence-corrected chi connectivity index (χ2v) is 7.71. The fourth-order valence-corrected chi connectivity index (χ4v) is 3.87. The molecule has 0 spiro atoms. The highest BCUT2D eigenvalue weighted by atomic mass is 16.1. The van der Waals surface area contributed by atoms with E-state index in [0.717, 1.165) is 30.6 Å². The van der Waals surface area contributed by atoms with Crippen molar-refractivity contribution in [1.29, 1.82) is 0 Å². The highest BCUT2D eigenvalue weighted by Gasteiger charge is 2.30. The van der Waals surface area contributed by atoms with Gasteiger partial charge in [0.25, 0.3) is 0 Å². The first-order valence-corrected chi connectivity index (χ1v) is 8.95. The van der Waals surface area contributed by atoms with Gasteiger partial charge in [-0.05, 0) is 55.9 Å². The molecule has 0 aliphatic heterocycles. The van der Waals surface area contributed by atoms with Crippen LogP contribution in [0.4, 0.5) is 0 Å². The molecule has 1 aliphatic carbocycles. The number of nitrogens with one attached hydrogen (secondary N) is 1. The van der Waals surface area contributed by atoms with E-state index >= 15 is 0 Å². The van der Waals surface area contributed by atoms with Gasteiger partial charge in [0.2, 0.25) is 5.91 Å². The van der Waals surface area contributed by atoms with Crippen molar-refractivity contribution < 1.29 is 4.79 Å². The molecule has 0 heterocycles. The summed E-state index contributed by atoms with van der Waals surface area (Å²) in [5.74, 6) is 2.86. The molecule has 0 radical (unpaired) electrons. The summed E-state index contributed by atoms with van der Waals surface area (Å²) in [4.78, 5) is 11.7. The van der Waals surface area contributed by atoms with Crippen LogP contribution in [-0.4, -0.2) is 11.4 Å². The van der Waals surface area contributed by atoms with Gasteiger partial charge < -0.3 is 5.32 Å². The van der Waals surface area contributed by atoms with Crippen LogP contribution in [0.25, 0.3) is 0 Å². The summed E-state index contributed by atoms with van der Waals surface area (Å²) in [6.45, 7) is 14.9. The van der Waals surface area contributed by atoms with Gasteiger partial charge in [-0.2, -0.15) is 0 Å². The number of amides is 1. The number of allylic oxidation sites excluding steroid dienone is 1. The standard InChI is InChI=1S/C20H35NO/c1-7-12-20(6,21-19(22)8-2)13-11-17-14-16(5)9-10-18(17)15(3)4/h8,11,13,15-18H,2,7,9-10,12,14H2,1,3-6H3,(H,21,22)/b13-11+/t16-,17-,18+,20-/m1/s1. The predicted octanol–water partition coefficient (Wildman–Crippen LogP) is 5.11. The first-order valence-electron chi connectivity index (χ1n) is 8.95. The van der Waals surface area contributed by atoms with Crippen molar-refractivity contribution in [2.24, 2.45) is 23.7 Å². The molecular formula is C20H35NO. The maximum atomic E-state index is 11.7. The Morgan fingerprint density at radius 1 is 1.41 bits per heavy atom. The molecule has 0 unspecified atom stereocenters. The Kier molecular flexibility index (Phi) is 7.38. The normalized spacial score (nSPS) is 28.5. The molecule has 2 nitrogen and oxygen atoms in total. The zero-order chi connectivity index (χ0) is 16.8. The van der Waals surface area contributed by atoms with E-state index in [2.05, 4.69) is 58.7 Å². The lowest BCUT2D eigenvalue weighted by molar-refractivity contribution is -0.117. The van der Waals surface area contributed by atoms with E-state index in [4.69, 9.17) is 0 Å². The van der Waals surface area contributed by atoms with Crippen LogP contribution in [0.5, 0.6) is 0 Å². The average Bonchev–Trinajstić information content (AvgIpc) is 2.45. The van der Waals surface area contributed by atoms with E-state index in [1.165, 1.54) is 25.3 Å². The molecule has 0 aromatic rings. The second kappa shape index (κ2) is 8.55. The maximum Gasteiger partial charge on any atom is 0.244 e. The summed E-state index contributed by atoms with van der Waals surface area (Å²) < 4.78 is 0. The van der Waals surface area contributed by atoms with Gasteiger partial charge in [0, 0.05) is 0 Å². The van der Waals surface area contributed by atoms with E-state index in [0.29, 0.717) is 5.92 Å². The number of hydrogen-bond acceptors (Lipinski definition) is 1. The smallest absolute Gasteiger partial charge is 0.244 e. The predicted molar refractivity (Wildman–Crippen MR) is 95.6 cm³/mol. The van der Waals surface area contributed by atoms with Crippen molar-refractivity contribution in [2.75, 3.05) is 0 Å². The zero-order valence-electron chi connectivity index (χ0n) is 15.2. The number of carbonyl (C=O) groups is 1. The van der Waals surface area contributed by atoms with E-state index in [-0.39, 0.29) is 11.4 Å². The summed E-state index contributed by atoms with van der Waals surface area (Å²) in [6.07, 6.45) is 12.0. The quantitative estimate of drug-likeness (QED) is 0.514. The zero-order valence-corrected chi connectivity index (χ0v) is 15.2. The number of hydrogen-bond donors (Lipinski definition) is 1. The van der Waals surface area contributed by atoms with Crippen LogP contribution in [0, 0.1) is 23.7 Å². The molecule has 2 heteroatoms. The minimum atomic E-state index is -0.262. The molecule has 1 rings (SSSR count). The fourth-order valence-electron chi connectivity index (χ4n) is 3.87. The summed E-state index contributed by atoms with van der Waals surface area (Å²) in [6, 6.07) is 0. The van der Waals surface area contributed by atoms with Crippen LogP contribution in [0.1, 0.15) is 66.7 Å². The molecule has 1 saturated carbocycles. The van der Waals surface area contributed by atoms with Crippen molar-refractivity contribution in [1.82, 2.24) is 5.32 Å². The van der Waals surface area contributed by atoms with Crippen LogP contribution in [0.3, 0.4) is 0 Å². The van der Waals surface area contributed by atoms with Gasteiger partial charge in [0.05, 0.1) is 5.54 Å². The lowest BCUT2D eigenvalue weighted by Gasteiger charge is -2.36. The summed E-state index contributed by atoms with van der Waals surface area (Å²) in [7, 11) is 0. The Bertz CT molecular complexity index is 399. The van der Waals surface area contributed by atoms with Gasteiger partial charge in [-0.1, -0.05) is 59.3 Å². The van der Waals surface area contributed by atoms with E-state index in [1.54, 1.807) is 0 Å². The molecule has 0 aromatic carbocycles. The van der Waals surface area contributed by atoms with Crippen LogP contribution in [-0.2, 0) is 4.79 Å². The minimum absolute atomic E-state index is 0.0852. The topological polar surface area (TPSA) is 29.1 Å². The first kappa shape index (κ1) is 19.0. The second-order valence-electron chi connectivity index (χ2n) is 7.71. The van der Waals surface area contributed by atoms with E-state index in [9.17, 15) is 4.79 Å². The molecule has 0 bridgehead atoms. The lowest BCUT2D eigenvalue weighted by Crippen LogP contribution is -2.43. The Balaban J connectivity index is 2.86. The van der Waals surface area contributed by atoms with Gasteiger partial charge in [0.1, 0.15) is 0 Å². The maximum absolute atomic E-state index is 11.7. The van der Waals surface area contributed by atoms with Crippen LogP contribution in [0.2, 0.25) is 0 Å². The Morgan fingerprint density at radius 2 is 2.09 bits per heavy atom. The van der Waals surface area contributed by atoms with Gasteiger partial charge >= 0.3 is 0 Å². The molecule has 1 fully saturated rings. The third kappa shape index (κ3) is 5.62. The molecule has 126 valence electrons. The van der Waals surface area contributed by atoms with Crippen molar-refractivity contribution >= 4 is 5.91 Å². The monoisotopic (exact) mass is 305 g/mol. The van der Waals surface area contributed by atoms with Gasteiger partial charge in [-0.3, -0.25) is 4.79 Å². The third-order valence-corrected chi connectivity index (χ3v) is 5.15. The van der Waals surface area contributed by atoms with E-state index < -0.39 is 0 Å². The summed E-state index contributed by atoms with van der Waals surface area (Å²) in [5.41, 5.74) is -0.262. The molecule has 1 N–H and O–H groups in total. The van der Waals surface area contributed by atoms with Crippen molar-refractivity contribution in [2.45, 2.75) is 72.3 Å². The summed E-state index contributed by atoms with van der Waals surface area (Å²) in [5, 5.41) is 3.10. The first-order chi connectivity index (χ1) is 10.3. The van der Waals surface area contributed by atoms with Crippen molar-refractivity contribution in [3.8, 4) is 0 Å². The van der Waals surface area contributed by atoms with Gasteiger partial charge in [0.15, 0.2) is 0 Å². The van der Waals surface area contributed by atoms with Crippen LogP contribution >= 0.6 is 0 Å². The van der Waals surface area contributed by atoms with Gasteiger partial charge in [-0.15, -0.1) is 0 Å². The lowest BCUT2D eigenvalue weighted by atomic mass is 9.69. The van der Waals surface area contributed by atoms with Gasteiger partial charge in [-0.25, -0.2) is 0 Å². The highest BCUT2D eigenvalue weighted by Crippen LogP contribution is 2.39. The van der Waals surface area contributed by atoms with Crippen LogP contribution < -0.4 is 5.32 Å². The largest absolute Gasteiger partial charge is 0.344 e. The molecular weight excluding hydrogens is 270 g/mol. The van der Waals surface area contributed by atoms with Crippen LogP contribution in [0.15, 0.2) is 24.8 Å². The molecule has 0 aromatic heterocycles. The minimum Gasteiger partial charge on any atom is -0.344 e. The molecule has 22 heavy (non-hydrogen) atoms. The van der Waals surface area contributed by atoms with Crippen molar-refractivity contribution in [3.63, 3.8) is 0 Å². The number of rotatable bonds is 7.